The minimum Gasteiger partial charge on any atom is -0.366 e. The maximum atomic E-state index is 5.83. The Kier molecular flexibility index (Phi) is 2.38. The molecular weight excluding hydrogens is 277 g/mol. The molecule has 0 amide bonds. The Labute approximate surface area is 102 Å². The number of hydrogen-bond acceptors (Lipinski definition) is 3. The van der Waals surface area contributed by atoms with E-state index in [1.165, 1.54) is 0 Å². The third-order valence-corrected chi connectivity index (χ3v) is 4.01. The summed E-state index contributed by atoms with van der Waals surface area (Å²) in [4.78, 5) is 4.27. The van der Waals surface area contributed by atoms with E-state index in [2.05, 4.69) is 31.5 Å². The second-order valence-electron chi connectivity index (χ2n) is 4.14. The molecule has 1 aliphatic heterocycles. The fraction of sp³-hybridized carbons (Fsp3) is 0.500. The number of nitrogens with zero attached hydrogens (tertiary/aromatic N) is 1. The Morgan fingerprint density at radius 3 is 2.87 bits per heavy atom. The molecule has 2 atom stereocenters. The highest BCUT2D eigenvalue weighted by atomic mass is 79.9. The van der Waals surface area contributed by atoms with Crippen LogP contribution < -0.4 is 10.6 Å². The molecule has 5 heteroatoms. The molecule has 2 unspecified atom stereocenters. The van der Waals surface area contributed by atoms with Crippen molar-refractivity contribution in [2.45, 2.75) is 6.04 Å². The normalized spacial score (nSPS) is 32.5. The van der Waals surface area contributed by atoms with Gasteiger partial charge in [-0.05, 0) is 33.8 Å². The number of anilines is 1. The number of nitrogens with one attached hydrogen (secondary N) is 2. The van der Waals surface area contributed by atoms with Crippen molar-refractivity contribution >= 4 is 33.3 Å². The van der Waals surface area contributed by atoms with E-state index in [1.807, 2.05) is 6.07 Å². The third kappa shape index (κ3) is 1.75. The number of aromatic nitrogens is 1. The highest BCUT2D eigenvalue weighted by Gasteiger charge is 2.53. The second-order valence-corrected chi connectivity index (χ2v) is 5.43. The lowest BCUT2D eigenvalue weighted by atomic mass is 10.4. The van der Waals surface area contributed by atoms with Crippen LogP contribution in [0.4, 0.5) is 5.82 Å². The van der Waals surface area contributed by atoms with Gasteiger partial charge in [0.05, 0.1) is 9.50 Å². The molecule has 2 N–H and O–H groups in total. The van der Waals surface area contributed by atoms with Crippen molar-refractivity contribution in [2.24, 2.45) is 11.8 Å². The molecule has 0 spiro atoms. The predicted molar refractivity (Wildman–Crippen MR) is 64.2 cm³/mol. The molecule has 2 heterocycles. The quantitative estimate of drug-likeness (QED) is 0.875. The van der Waals surface area contributed by atoms with Crippen LogP contribution in [0.5, 0.6) is 0 Å². The van der Waals surface area contributed by atoms with E-state index in [4.69, 9.17) is 11.6 Å². The van der Waals surface area contributed by atoms with E-state index in [0.29, 0.717) is 11.1 Å². The molecule has 1 saturated heterocycles. The van der Waals surface area contributed by atoms with Gasteiger partial charge in [-0.25, -0.2) is 4.98 Å². The zero-order chi connectivity index (χ0) is 10.4. The van der Waals surface area contributed by atoms with E-state index in [0.717, 1.165) is 35.2 Å². The first-order chi connectivity index (χ1) is 7.25. The Morgan fingerprint density at radius 1 is 1.47 bits per heavy atom. The topological polar surface area (TPSA) is 37.0 Å². The first kappa shape index (κ1) is 9.87. The standard InChI is InChI=1S/C10H11BrClN3/c11-8-1-5(12)2-14-10(8)15-9-6-3-13-4-7(6)9/h1-2,6-7,9,13H,3-4H2,(H,14,15). The smallest absolute Gasteiger partial charge is 0.140 e. The van der Waals surface area contributed by atoms with Crippen LogP contribution in [-0.4, -0.2) is 24.1 Å². The van der Waals surface area contributed by atoms with Crippen LogP contribution in [0.2, 0.25) is 5.02 Å². The Bertz CT molecular complexity index is 388. The summed E-state index contributed by atoms with van der Waals surface area (Å²) in [5.41, 5.74) is 0. The molecule has 15 heavy (non-hydrogen) atoms. The monoisotopic (exact) mass is 287 g/mol. The molecule has 1 aromatic rings. The molecule has 3 nitrogen and oxygen atoms in total. The van der Waals surface area contributed by atoms with Gasteiger partial charge in [-0.3, -0.25) is 0 Å². The number of fused-ring (bicyclic) bond motifs is 1. The average molecular weight is 289 g/mol. The summed E-state index contributed by atoms with van der Waals surface area (Å²) >= 11 is 9.29. The fourth-order valence-corrected chi connectivity index (χ4v) is 3.06. The number of halogens is 2. The van der Waals surface area contributed by atoms with Crippen molar-refractivity contribution in [3.05, 3.63) is 21.8 Å². The molecule has 0 bridgehead atoms. The highest BCUT2D eigenvalue weighted by Crippen LogP contribution is 2.44. The fourth-order valence-electron chi connectivity index (χ4n) is 2.31. The van der Waals surface area contributed by atoms with Gasteiger partial charge in [-0.15, -0.1) is 0 Å². The van der Waals surface area contributed by atoms with Gasteiger partial charge in [0.2, 0.25) is 0 Å². The van der Waals surface area contributed by atoms with Crippen LogP contribution >= 0.6 is 27.5 Å². The largest absolute Gasteiger partial charge is 0.366 e. The van der Waals surface area contributed by atoms with Gasteiger partial charge in [0.25, 0.3) is 0 Å². The van der Waals surface area contributed by atoms with Crippen molar-refractivity contribution in [1.29, 1.82) is 0 Å². The lowest BCUT2D eigenvalue weighted by Gasteiger charge is -2.09. The van der Waals surface area contributed by atoms with E-state index in [-0.39, 0.29) is 0 Å². The minimum absolute atomic E-state index is 0.594. The molecule has 0 aromatic carbocycles. The van der Waals surface area contributed by atoms with Crippen LogP contribution in [0.1, 0.15) is 0 Å². The van der Waals surface area contributed by atoms with Gasteiger partial charge in [-0.2, -0.15) is 0 Å². The van der Waals surface area contributed by atoms with Gasteiger partial charge in [-0.1, -0.05) is 11.6 Å². The summed E-state index contributed by atoms with van der Waals surface area (Å²) in [6, 6.07) is 2.46. The molecular formula is C10H11BrClN3. The first-order valence-electron chi connectivity index (χ1n) is 5.04. The summed E-state index contributed by atoms with van der Waals surface area (Å²) in [5.74, 6) is 2.47. The molecule has 2 aliphatic rings. The van der Waals surface area contributed by atoms with Crippen molar-refractivity contribution in [1.82, 2.24) is 10.3 Å². The van der Waals surface area contributed by atoms with E-state index < -0.39 is 0 Å². The summed E-state index contributed by atoms with van der Waals surface area (Å²) < 4.78 is 0.938. The molecule has 0 radical (unpaired) electrons. The van der Waals surface area contributed by atoms with Gasteiger partial charge in [0.15, 0.2) is 0 Å². The Morgan fingerprint density at radius 2 is 2.20 bits per heavy atom. The first-order valence-corrected chi connectivity index (χ1v) is 6.21. The van der Waals surface area contributed by atoms with Gasteiger partial charge >= 0.3 is 0 Å². The lowest BCUT2D eigenvalue weighted by Crippen LogP contribution is -2.21. The van der Waals surface area contributed by atoms with E-state index in [1.54, 1.807) is 6.20 Å². The van der Waals surface area contributed by atoms with Gasteiger partial charge in [0.1, 0.15) is 5.82 Å². The number of pyridine rings is 1. The Hall–Kier alpha value is -0.320. The summed E-state index contributed by atoms with van der Waals surface area (Å²) in [5, 5.41) is 7.48. The highest BCUT2D eigenvalue weighted by molar-refractivity contribution is 9.10. The van der Waals surface area contributed by atoms with Gasteiger partial charge in [0, 0.05) is 25.3 Å². The zero-order valence-electron chi connectivity index (χ0n) is 8.00. The predicted octanol–water partition coefficient (Wildman–Crippen LogP) is 2.13. The van der Waals surface area contributed by atoms with Crippen LogP contribution in [0.3, 0.4) is 0 Å². The zero-order valence-corrected chi connectivity index (χ0v) is 10.3. The number of rotatable bonds is 2. The third-order valence-electron chi connectivity index (χ3n) is 3.20. The molecule has 1 saturated carbocycles. The number of piperidine rings is 1. The van der Waals surface area contributed by atoms with Crippen molar-refractivity contribution in [3.63, 3.8) is 0 Å². The molecule has 80 valence electrons. The second kappa shape index (κ2) is 3.61. The van der Waals surface area contributed by atoms with E-state index in [9.17, 15) is 0 Å². The van der Waals surface area contributed by atoms with Crippen molar-refractivity contribution in [3.8, 4) is 0 Å². The molecule has 1 aromatic heterocycles. The summed E-state index contributed by atoms with van der Waals surface area (Å²) in [7, 11) is 0. The van der Waals surface area contributed by atoms with Crippen LogP contribution in [0.25, 0.3) is 0 Å². The van der Waals surface area contributed by atoms with E-state index >= 15 is 0 Å². The van der Waals surface area contributed by atoms with Gasteiger partial charge < -0.3 is 10.6 Å². The van der Waals surface area contributed by atoms with Crippen molar-refractivity contribution in [2.75, 3.05) is 18.4 Å². The summed E-state index contributed by atoms with van der Waals surface area (Å²) in [6.07, 6.45) is 1.67. The van der Waals surface area contributed by atoms with Crippen LogP contribution in [-0.2, 0) is 0 Å². The molecule has 2 fully saturated rings. The Balaban J connectivity index is 1.72. The molecule has 3 rings (SSSR count). The average Bonchev–Trinajstić information content (AvgIpc) is 2.66. The van der Waals surface area contributed by atoms with Crippen LogP contribution in [0, 0.1) is 11.8 Å². The van der Waals surface area contributed by atoms with Crippen molar-refractivity contribution < 1.29 is 0 Å². The lowest BCUT2D eigenvalue weighted by molar-refractivity contribution is 0.695. The SMILES string of the molecule is Clc1cnc(NC2C3CNCC32)c(Br)c1. The van der Waals surface area contributed by atoms with Crippen LogP contribution in [0.15, 0.2) is 16.7 Å². The minimum atomic E-state index is 0.594. The maximum Gasteiger partial charge on any atom is 0.140 e. The number of hydrogen-bond donors (Lipinski definition) is 2. The maximum absolute atomic E-state index is 5.83. The molecule has 1 aliphatic carbocycles. The summed E-state index contributed by atoms with van der Waals surface area (Å²) in [6.45, 7) is 2.26.